The number of rotatable bonds is 5. The van der Waals surface area contributed by atoms with Gasteiger partial charge < -0.3 is 14.8 Å². The van der Waals surface area contributed by atoms with E-state index in [1.807, 2.05) is 6.07 Å². The number of hydrogen-bond acceptors (Lipinski definition) is 4. The number of piperidine rings is 1. The third kappa shape index (κ3) is 2.51. The van der Waals surface area contributed by atoms with Crippen molar-refractivity contribution >= 4 is 0 Å². The largest absolute Gasteiger partial charge is 0.454 e. The van der Waals surface area contributed by atoms with Gasteiger partial charge in [-0.1, -0.05) is 13.0 Å². The Morgan fingerprint density at radius 1 is 1.29 bits per heavy atom. The molecule has 1 aromatic carbocycles. The number of benzene rings is 1. The number of likely N-dealkylation sites (N-methyl/N-ethyl adjacent to an activating group) is 1. The normalized spacial score (nSPS) is 28.2. The molecule has 4 heteroatoms. The molecule has 1 saturated heterocycles. The minimum Gasteiger partial charge on any atom is -0.454 e. The maximum Gasteiger partial charge on any atom is 0.231 e. The minimum absolute atomic E-state index is 0.348. The number of likely N-dealkylation sites (tertiary alicyclic amines) is 1. The molecule has 1 saturated carbocycles. The van der Waals surface area contributed by atoms with Crippen LogP contribution in [0.5, 0.6) is 11.5 Å². The van der Waals surface area contributed by atoms with Crippen LogP contribution in [0.2, 0.25) is 0 Å². The summed E-state index contributed by atoms with van der Waals surface area (Å²) in [7, 11) is 0. The third-order valence-corrected chi connectivity index (χ3v) is 5.19. The average Bonchev–Trinajstić information content (AvgIpc) is 3.22. The Morgan fingerprint density at radius 2 is 2.19 bits per heavy atom. The molecule has 3 atom stereocenters. The lowest BCUT2D eigenvalue weighted by Gasteiger charge is -2.31. The highest BCUT2D eigenvalue weighted by Crippen LogP contribution is 2.39. The molecule has 4 nitrogen and oxygen atoms in total. The van der Waals surface area contributed by atoms with E-state index in [1.54, 1.807) is 0 Å². The molecule has 2 bridgehead atoms. The first-order chi connectivity index (χ1) is 10.3. The Kier molecular flexibility index (Phi) is 3.51. The van der Waals surface area contributed by atoms with Crippen LogP contribution in [0.3, 0.4) is 0 Å². The Bertz CT molecular complexity index is 520. The fourth-order valence-corrected chi connectivity index (χ4v) is 4.15. The van der Waals surface area contributed by atoms with E-state index in [4.69, 9.17) is 9.47 Å². The summed E-state index contributed by atoms with van der Waals surface area (Å²) in [5, 5.41) is 3.64. The summed E-state index contributed by atoms with van der Waals surface area (Å²) in [4.78, 5) is 2.69. The molecule has 1 aliphatic carbocycles. The molecule has 2 aliphatic heterocycles. The summed E-state index contributed by atoms with van der Waals surface area (Å²) in [5.74, 6) is 2.71. The lowest BCUT2D eigenvalue weighted by atomic mass is 10.0. The van der Waals surface area contributed by atoms with E-state index in [1.165, 1.54) is 31.4 Å². The first-order valence-corrected chi connectivity index (χ1v) is 8.20. The number of hydrogen-bond donors (Lipinski definition) is 1. The quantitative estimate of drug-likeness (QED) is 0.903. The minimum atomic E-state index is 0.348. The molecular formula is C17H24N2O2. The maximum atomic E-state index is 5.52. The van der Waals surface area contributed by atoms with Crippen LogP contribution in [0.25, 0.3) is 0 Å². The Hall–Kier alpha value is -1.26. The fourth-order valence-electron chi connectivity index (χ4n) is 4.15. The van der Waals surface area contributed by atoms with Crippen molar-refractivity contribution < 1.29 is 9.47 Å². The molecule has 0 aromatic heterocycles. The smallest absolute Gasteiger partial charge is 0.231 e. The van der Waals surface area contributed by atoms with Gasteiger partial charge >= 0.3 is 0 Å². The second kappa shape index (κ2) is 5.50. The maximum absolute atomic E-state index is 5.52. The van der Waals surface area contributed by atoms with Gasteiger partial charge in [-0.3, -0.25) is 4.90 Å². The fraction of sp³-hybridized carbons (Fsp3) is 0.647. The molecule has 21 heavy (non-hydrogen) atoms. The van der Waals surface area contributed by atoms with Crippen molar-refractivity contribution in [3.8, 4) is 11.5 Å². The lowest BCUT2D eigenvalue weighted by molar-refractivity contribution is 0.173. The molecule has 3 unspecified atom stereocenters. The zero-order chi connectivity index (χ0) is 14.2. The molecule has 3 aliphatic rings. The number of nitrogens with one attached hydrogen (secondary N) is 1. The molecule has 0 spiro atoms. The van der Waals surface area contributed by atoms with Crippen molar-refractivity contribution in [2.75, 3.05) is 26.4 Å². The predicted octanol–water partition coefficient (Wildman–Crippen LogP) is 2.55. The predicted molar refractivity (Wildman–Crippen MR) is 81.7 cm³/mol. The molecule has 114 valence electrons. The van der Waals surface area contributed by atoms with E-state index in [-0.39, 0.29) is 0 Å². The van der Waals surface area contributed by atoms with E-state index in [0.29, 0.717) is 12.8 Å². The van der Waals surface area contributed by atoms with Gasteiger partial charge in [0.05, 0.1) is 0 Å². The van der Waals surface area contributed by atoms with Gasteiger partial charge in [-0.15, -0.1) is 0 Å². The molecule has 2 heterocycles. The second-order valence-corrected chi connectivity index (χ2v) is 6.51. The SMILES string of the molecule is CCNC(CN1CC2CCC1C2)c1ccc2c(c1)OCO2. The summed E-state index contributed by atoms with van der Waals surface area (Å²) in [6.45, 7) is 5.91. The van der Waals surface area contributed by atoms with Crippen LogP contribution >= 0.6 is 0 Å². The van der Waals surface area contributed by atoms with E-state index in [2.05, 4.69) is 29.3 Å². The molecule has 0 radical (unpaired) electrons. The number of nitrogens with zero attached hydrogens (tertiary/aromatic N) is 1. The lowest BCUT2D eigenvalue weighted by Crippen LogP contribution is -2.39. The molecule has 1 N–H and O–H groups in total. The number of ether oxygens (including phenoxy) is 2. The van der Waals surface area contributed by atoms with E-state index in [9.17, 15) is 0 Å². The topological polar surface area (TPSA) is 33.7 Å². The van der Waals surface area contributed by atoms with Gasteiger partial charge in [-0.2, -0.15) is 0 Å². The van der Waals surface area contributed by atoms with Gasteiger partial charge in [0.25, 0.3) is 0 Å². The van der Waals surface area contributed by atoms with Crippen molar-refractivity contribution in [2.24, 2.45) is 5.92 Å². The standard InChI is InChI=1S/C17H24N2O2/c1-2-18-15(10-19-9-12-3-5-14(19)7-12)13-4-6-16-17(8-13)21-11-20-16/h4,6,8,12,14-15,18H,2-3,5,7,9-11H2,1H3. The summed E-state index contributed by atoms with van der Waals surface area (Å²) in [5.41, 5.74) is 1.31. The van der Waals surface area contributed by atoms with Crippen LogP contribution in [-0.4, -0.2) is 37.4 Å². The highest BCUT2D eigenvalue weighted by molar-refractivity contribution is 5.45. The van der Waals surface area contributed by atoms with Crippen LogP contribution in [-0.2, 0) is 0 Å². The van der Waals surface area contributed by atoms with E-state index < -0.39 is 0 Å². The van der Waals surface area contributed by atoms with Crippen molar-refractivity contribution in [3.05, 3.63) is 23.8 Å². The van der Waals surface area contributed by atoms with Gasteiger partial charge in [0.15, 0.2) is 11.5 Å². The zero-order valence-corrected chi connectivity index (χ0v) is 12.7. The van der Waals surface area contributed by atoms with Crippen LogP contribution < -0.4 is 14.8 Å². The molecule has 2 fully saturated rings. The first kappa shape index (κ1) is 13.4. The van der Waals surface area contributed by atoms with Gasteiger partial charge in [-0.25, -0.2) is 0 Å². The Balaban J connectivity index is 1.51. The molecular weight excluding hydrogens is 264 g/mol. The number of fused-ring (bicyclic) bond motifs is 3. The van der Waals surface area contributed by atoms with Crippen molar-refractivity contribution in [2.45, 2.75) is 38.3 Å². The second-order valence-electron chi connectivity index (χ2n) is 6.51. The Morgan fingerprint density at radius 3 is 2.95 bits per heavy atom. The van der Waals surface area contributed by atoms with Crippen LogP contribution in [0.15, 0.2) is 18.2 Å². The zero-order valence-electron chi connectivity index (χ0n) is 12.7. The van der Waals surface area contributed by atoms with Gasteiger partial charge in [0.2, 0.25) is 6.79 Å². The third-order valence-electron chi connectivity index (χ3n) is 5.19. The van der Waals surface area contributed by atoms with Crippen molar-refractivity contribution in [3.63, 3.8) is 0 Å². The summed E-state index contributed by atoms with van der Waals surface area (Å²) in [6, 6.07) is 7.56. The summed E-state index contributed by atoms with van der Waals surface area (Å²) >= 11 is 0. The molecule has 0 amide bonds. The average molecular weight is 288 g/mol. The van der Waals surface area contributed by atoms with Crippen molar-refractivity contribution in [1.82, 2.24) is 10.2 Å². The summed E-state index contributed by atoms with van der Waals surface area (Å²) in [6.07, 6.45) is 4.25. The van der Waals surface area contributed by atoms with Crippen molar-refractivity contribution in [1.29, 1.82) is 0 Å². The Labute approximate surface area is 126 Å². The van der Waals surface area contributed by atoms with Gasteiger partial charge in [-0.05, 0) is 49.4 Å². The van der Waals surface area contributed by atoms with Gasteiger partial charge in [0, 0.05) is 25.2 Å². The van der Waals surface area contributed by atoms with E-state index in [0.717, 1.165) is 36.5 Å². The first-order valence-electron chi connectivity index (χ1n) is 8.20. The molecule has 1 aromatic rings. The monoisotopic (exact) mass is 288 g/mol. The van der Waals surface area contributed by atoms with Crippen LogP contribution in [0.1, 0.15) is 37.8 Å². The van der Waals surface area contributed by atoms with Crippen LogP contribution in [0.4, 0.5) is 0 Å². The molecule has 4 rings (SSSR count). The van der Waals surface area contributed by atoms with E-state index >= 15 is 0 Å². The highest BCUT2D eigenvalue weighted by atomic mass is 16.7. The van der Waals surface area contributed by atoms with Gasteiger partial charge in [0.1, 0.15) is 0 Å². The highest BCUT2D eigenvalue weighted by Gasteiger charge is 2.38. The van der Waals surface area contributed by atoms with Crippen LogP contribution in [0, 0.1) is 5.92 Å². The summed E-state index contributed by atoms with van der Waals surface area (Å²) < 4.78 is 10.9.